The van der Waals surface area contributed by atoms with Crippen LogP contribution in [-0.2, 0) is 4.79 Å². The molecule has 0 saturated heterocycles. The Hall–Kier alpha value is -2.82. The highest BCUT2D eigenvalue weighted by Crippen LogP contribution is 2.37. The molecule has 0 radical (unpaired) electrons. The van der Waals surface area contributed by atoms with Gasteiger partial charge in [-0.1, -0.05) is 71.4 Å². The van der Waals surface area contributed by atoms with E-state index in [2.05, 4.69) is 31.2 Å². The molecule has 2 aromatic carbocycles. The number of ketones is 1. The highest BCUT2D eigenvalue weighted by Gasteiger charge is 2.29. The van der Waals surface area contributed by atoms with Crippen LogP contribution in [0, 0.1) is 11.8 Å². The van der Waals surface area contributed by atoms with E-state index in [1.165, 1.54) is 50.2 Å². The second kappa shape index (κ2) is 15.6. The summed E-state index contributed by atoms with van der Waals surface area (Å²) in [6.45, 7) is 6.80. The molecule has 2 aromatic rings. The zero-order valence-corrected chi connectivity index (χ0v) is 23.5. The highest BCUT2D eigenvalue weighted by atomic mass is 16.5. The van der Waals surface area contributed by atoms with Crippen molar-refractivity contribution in [2.45, 2.75) is 104 Å². The van der Waals surface area contributed by atoms with Crippen LogP contribution in [0.15, 0.2) is 42.5 Å². The number of hydrogen-bond acceptors (Lipinski definition) is 5. The Morgan fingerprint density at radius 2 is 1.50 bits per heavy atom. The van der Waals surface area contributed by atoms with Crippen molar-refractivity contribution in [2.75, 3.05) is 6.61 Å². The number of ether oxygens (including phenoxy) is 2. The van der Waals surface area contributed by atoms with E-state index in [1.54, 1.807) is 12.1 Å². The van der Waals surface area contributed by atoms with Gasteiger partial charge in [0, 0.05) is 12.0 Å². The van der Waals surface area contributed by atoms with E-state index in [-0.39, 0.29) is 40.7 Å². The van der Waals surface area contributed by atoms with Gasteiger partial charge in [0.15, 0.2) is 5.78 Å². The second-order valence-electron chi connectivity index (χ2n) is 10.9. The fraction of sp³-hybridized carbons (Fsp3) is 0.576. The van der Waals surface area contributed by atoms with Crippen LogP contribution in [0.3, 0.4) is 0 Å². The molecular weight excluding hydrogens is 476 g/mol. The van der Waals surface area contributed by atoms with Crippen LogP contribution in [0.25, 0.3) is 0 Å². The summed E-state index contributed by atoms with van der Waals surface area (Å²) in [6, 6.07) is 13.0. The Labute approximate surface area is 228 Å². The summed E-state index contributed by atoms with van der Waals surface area (Å²) in [5, 5.41) is 10.3. The summed E-state index contributed by atoms with van der Waals surface area (Å²) < 4.78 is 11.5. The van der Waals surface area contributed by atoms with Crippen LogP contribution < -0.4 is 9.47 Å². The number of carbonyl (C=O) groups excluding carboxylic acids is 2. The van der Waals surface area contributed by atoms with Gasteiger partial charge in [0.05, 0.1) is 18.1 Å². The lowest BCUT2D eigenvalue weighted by molar-refractivity contribution is -0.140. The third-order valence-electron chi connectivity index (χ3n) is 7.94. The van der Waals surface area contributed by atoms with Gasteiger partial charge in [-0.2, -0.15) is 0 Å². The molecule has 5 nitrogen and oxygen atoms in total. The molecule has 1 aliphatic rings. The molecule has 1 saturated carbocycles. The van der Waals surface area contributed by atoms with Crippen molar-refractivity contribution in [3.8, 4) is 17.2 Å². The number of aromatic hydroxyl groups is 1. The molecule has 0 spiro atoms. The van der Waals surface area contributed by atoms with Crippen LogP contribution in [0.5, 0.6) is 17.2 Å². The first kappa shape index (κ1) is 29.7. The molecule has 208 valence electrons. The molecular formula is C33H46O5. The molecule has 0 aromatic heterocycles. The normalized spacial score (nSPS) is 18.1. The van der Waals surface area contributed by atoms with Crippen LogP contribution in [0.4, 0.5) is 0 Å². The zero-order valence-electron chi connectivity index (χ0n) is 23.5. The average molecular weight is 523 g/mol. The topological polar surface area (TPSA) is 72.8 Å². The van der Waals surface area contributed by atoms with Gasteiger partial charge in [0.2, 0.25) is 0 Å². The second-order valence-corrected chi connectivity index (χ2v) is 10.9. The van der Waals surface area contributed by atoms with Crippen LogP contribution in [0.1, 0.15) is 120 Å². The first-order chi connectivity index (χ1) is 18.4. The van der Waals surface area contributed by atoms with Crippen molar-refractivity contribution < 1.29 is 24.2 Å². The minimum atomic E-state index is -0.266. The third kappa shape index (κ3) is 8.89. The Morgan fingerprint density at radius 1 is 0.868 bits per heavy atom. The summed E-state index contributed by atoms with van der Waals surface area (Å²) in [4.78, 5) is 25.1. The molecule has 0 heterocycles. The predicted octanol–water partition coefficient (Wildman–Crippen LogP) is 8.63. The van der Waals surface area contributed by atoms with E-state index in [4.69, 9.17) is 9.47 Å². The number of unbranched alkanes of at least 4 members (excludes halogenated alkanes) is 6. The number of benzene rings is 2. The predicted molar refractivity (Wildman–Crippen MR) is 152 cm³/mol. The van der Waals surface area contributed by atoms with Gasteiger partial charge in [-0.15, -0.1) is 0 Å². The fourth-order valence-corrected chi connectivity index (χ4v) is 5.18. The van der Waals surface area contributed by atoms with Gasteiger partial charge >= 0.3 is 5.97 Å². The lowest BCUT2D eigenvalue weighted by Gasteiger charge is -2.27. The summed E-state index contributed by atoms with van der Waals surface area (Å²) >= 11 is 0. The van der Waals surface area contributed by atoms with E-state index < -0.39 is 0 Å². The quantitative estimate of drug-likeness (QED) is 0.110. The van der Waals surface area contributed by atoms with Crippen LogP contribution >= 0.6 is 0 Å². The number of esters is 1. The van der Waals surface area contributed by atoms with Crippen molar-refractivity contribution in [2.24, 2.45) is 11.8 Å². The van der Waals surface area contributed by atoms with Gasteiger partial charge in [0.1, 0.15) is 17.2 Å². The molecule has 0 aliphatic heterocycles. The SMILES string of the molecule is CCCCCCCCCOc1ccc(C2CCC(C(=O)Oc3ccc(C(=O)[C@@H](C)CC)c(O)c3)CC2)cc1. The zero-order chi connectivity index (χ0) is 27.3. The Bertz CT molecular complexity index is 1000. The fourth-order valence-electron chi connectivity index (χ4n) is 5.18. The lowest BCUT2D eigenvalue weighted by Crippen LogP contribution is -2.25. The summed E-state index contributed by atoms with van der Waals surface area (Å²) in [6.07, 6.45) is 13.1. The van der Waals surface area contributed by atoms with Crippen molar-refractivity contribution in [3.63, 3.8) is 0 Å². The first-order valence-electron chi connectivity index (χ1n) is 14.7. The first-order valence-corrected chi connectivity index (χ1v) is 14.7. The highest BCUT2D eigenvalue weighted by molar-refractivity contribution is 6.00. The lowest BCUT2D eigenvalue weighted by atomic mass is 9.79. The molecule has 38 heavy (non-hydrogen) atoms. The molecule has 0 bridgehead atoms. The number of Topliss-reactive ketones (excluding diaryl/α,β-unsaturated/α-hetero) is 1. The van der Waals surface area contributed by atoms with Crippen molar-refractivity contribution >= 4 is 11.8 Å². The number of carbonyl (C=O) groups is 2. The average Bonchev–Trinajstić information content (AvgIpc) is 2.94. The standard InChI is InChI=1S/C33H46O5/c1-4-6-7-8-9-10-11-22-37-28-18-16-26(17-19-28)25-12-14-27(15-13-25)33(36)38-29-20-21-30(31(34)23-29)32(35)24(3)5-2/h16-21,23-25,27,34H,4-15,22H2,1-3H3/t24-,25?,27?/m0/s1. The van der Waals surface area contributed by atoms with E-state index in [9.17, 15) is 14.7 Å². The van der Waals surface area contributed by atoms with E-state index >= 15 is 0 Å². The number of phenols is 1. The molecule has 0 unspecified atom stereocenters. The van der Waals surface area contributed by atoms with E-state index in [0.29, 0.717) is 12.3 Å². The van der Waals surface area contributed by atoms with Crippen LogP contribution in [-0.4, -0.2) is 23.5 Å². The minimum Gasteiger partial charge on any atom is -0.507 e. The molecule has 1 N–H and O–H groups in total. The van der Waals surface area contributed by atoms with E-state index in [0.717, 1.165) is 44.5 Å². The Morgan fingerprint density at radius 3 is 2.13 bits per heavy atom. The summed E-state index contributed by atoms with van der Waals surface area (Å²) in [5.41, 5.74) is 1.57. The van der Waals surface area contributed by atoms with Gasteiger partial charge in [-0.25, -0.2) is 0 Å². The smallest absolute Gasteiger partial charge is 0.314 e. The van der Waals surface area contributed by atoms with Gasteiger partial charge in [-0.05, 0) is 74.3 Å². The van der Waals surface area contributed by atoms with Gasteiger partial charge in [-0.3, -0.25) is 9.59 Å². The molecule has 5 heteroatoms. The van der Waals surface area contributed by atoms with Crippen molar-refractivity contribution in [3.05, 3.63) is 53.6 Å². The van der Waals surface area contributed by atoms with Gasteiger partial charge < -0.3 is 14.6 Å². The minimum absolute atomic E-state index is 0.103. The summed E-state index contributed by atoms with van der Waals surface area (Å²) in [5.74, 6) is 0.819. The molecule has 1 aliphatic carbocycles. The maximum Gasteiger partial charge on any atom is 0.314 e. The van der Waals surface area contributed by atoms with Crippen molar-refractivity contribution in [1.82, 2.24) is 0 Å². The Kier molecular flexibility index (Phi) is 12.2. The molecule has 0 amide bonds. The maximum atomic E-state index is 12.8. The largest absolute Gasteiger partial charge is 0.507 e. The number of hydrogen-bond donors (Lipinski definition) is 1. The number of phenolic OH excluding ortho intramolecular Hbond substituents is 1. The number of rotatable bonds is 15. The summed E-state index contributed by atoms with van der Waals surface area (Å²) in [7, 11) is 0. The third-order valence-corrected chi connectivity index (χ3v) is 7.94. The Balaban J connectivity index is 1.40. The monoisotopic (exact) mass is 522 g/mol. The van der Waals surface area contributed by atoms with Crippen molar-refractivity contribution in [1.29, 1.82) is 0 Å². The molecule has 3 rings (SSSR count). The van der Waals surface area contributed by atoms with Crippen LogP contribution in [0.2, 0.25) is 0 Å². The van der Waals surface area contributed by atoms with E-state index in [1.807, 2.05) is 13.8 Å². The van der Waals surface area contributed by atoms with Gasteiger partial charge in [0.25, 0.3) is 0 Å². The maximum absolute atomic E-state index is 12.8. The molecule has 1 atom stereocenters. The molecule has 1 fully saturated rings.